The van der Waals surface area contributed by atoms with Gasteiger partial charge in [-0.15, -0.1) is 5.10 Å². The van der Waals surface area contributed by atoms with Gasteiger partial charge in [-0.25, -0.2) is 14.3 Å². The predicted molar refractivity (Wildman–Crippen MR) is 71.4 cm³/mol. The first-order valence-electron chi connectivity index (χ1n) is 6.17. The van der Waals surface area contributed by atoms with Crippen molar-refractivity contribution >= 4 is 17.9 Å². The number of urea groups is 1. The minimum Gasteiger partial charge on any atom is -0.476 e. The van der Waals surface area contributed by atoms with Crippen molar-refractivity contribution in [2.75, 3.05) is 13.1 Å². The topological polar surface area (TPSA) is 152 Å². The molecule has 0 spiro atoms. The molecule has 116 valence electrons. The number of carbonyl (C=O) groups is 3. The SMILES string of the molecule is CC(C)(CNC(=O)NCCn1cc(C(=O)O)nn1)C(N)=O. The summed E-state index contributed by atoms with van der Waals surface area (Å²) in [6, 6.07) is -0.456. The maximum atomic E-state index is 11.5. The predicted octanol–water partition coefficient (Wildman–Crippen LogP) is -1.21. The monoisotopic (exact) mass is 298 g/mol. The lowest BCUT2D eigenvalue weighted by Crippen LogP contribution is -2.46. The number of primary amides is 1. The van der Waals surface area contributed by atoms with E-state index in [1.165, 1.54) is 10.9 Å². The van der Waals surface area contributed by atoms with Crippen LogP contribution in [0.3, 0.4) is 0 Å². The summed E-state index contributed by atoms with van der Waals surface area (Å²) in [5.41, 5.74) is 4.18. The zero-order chi connectivity index (χ0) is 16.0. The molecule has 0 saturated carbocycles. The molecule has 0 aromatic carbocycles. The van der Waals surface area contributed by atoms with E-state index in [1.54, 1.807) is 13.8 Å². The highest BCUT2D eigenvalue weighted by Crippen LogP contribution is 2.11. The molecular weight excluding hydrogens is 280 g/mol. The van der Waals surface area contributed by atoms with Crippen LogP contribution in [-0.4, -0.2) is 51.1 Å². The van der Waals surface area contributed by atoms with Crippen LogP contribution < -0.4 is 16.4 Å². The molecule has 0 atom stereocenters. The van der Waals surface area contributed by atoms with Crippen LogP contribution in [0.25, 0.3) is 0 Å². The number of amides is 3. The Kier molecular flexibility index (Phi) is 5.22. The number of rotatable bonds is 7. The number of carboxylic acids is 1. The van der Waals surface area contributed by atoms with Gasteiger partial charge >= 0.3 is 12.0 Å². The number of nitrogens with one attached hydrogen (secondary N) is 2. The molecule has 0 radical (unpaired) electrons. The summed E-state index contributed by atoms with van der Waals surface area (Å²) in [6.45, 7) is 3.86. The van der Waals surface area contributed by atoms with Crippen molar-refractivity contribution in [1.82, 2.24) is 25.6 Å². The van der Waals surface area contributed by atoms with Gasteiger partial charge in [-0.05, 0) is 13.8 Å². The minimum atomic E-state index is -1.17. The van der Waals surface area contributed by atoms with Crippen molar-refractivity contribution in [3.05, 3.63) is 11.9 Å². The highest BCUT2D eigenvalue weighted by molar-refractivity contribution is 5.84. The van der Waals surface area contributed by atoms with Crippen molar-refractivity contribution in [3.8, 4) is 0 Å². The molecule has 3 amide bonds. The van der Waals surface area contributed by atoms with Gasteiger partial charge in [0, 0.05) is 13.1 Å². The molecule has 0 fully saturated rings. The first-order valence-corrected chi connectivity index (χ1v) is 6.17. The Labute approximate surface area is 120 Å². The third kappa shape index (κ3) is 5.09. The standard InChI is InChI=1S/C11H18N6O4/c1-11(2,9(12)20)6-14-10(21)13-3-4-17-5-7(8(18)19)15-16-17/h5H,3-4,6H2,1-2H3,(H2,12,20)(H,18,19)(H2,13,14,21). The van der Waals surface area contributed by atoms with E-state index in [1.807, 2.05) is 0 Å². The van der Waals surface area contributed by atoms with Crippen molar-refractivity contribution in [2.24, 2.45) is 11.1 Å². The third-order valence-electron chi connectivity index (χ3n) is 2.74. The Hall–Kier alpha value is -2.65. The summed E-state index contributed by atoms with van der Waals surface area (Å²) >= 11 is 0. The number of carbonyl (C=O) groups excluding carboxylic acids is 2. The molecule has 21 heavy (non-hydrogen) atoms. The van der Waals surface area contributed by atoms with Gasteiger partial charge in [0.15, 0.2) is 5.69 Å². The number of aromatic carboxylic acids is 1. The van der Waals surface area contributed by atoms with E-state index >= 15 is 0 Å². The van der Waals surface area contributed by atoms with Gasteiger partial charge < -0.3 is 21.5 Å². The maximum Gasteiger partial charge on any atom is 0.358 e. The average molecular weight is 298 g/mol. The van der Waals surface area contributed by atoms with Gasteiger partial charge in [0.25, 0.3) is 0 Å². The summed E-state index contributed by atoms with van der Waals surface area (Å²) in [6.07, 6.45) is 1.26. The Morgan fingerprint density at radius 1 is 1.38 bits per heavy atom. The van der Waals surface area contributed by atoms with Gasteiger partial charge in [-0.3, -0.25) is 4.79 Å². The molecule has 0 aliphatic carbocycles. The van der Waals surface area contributed by atoms with Crippen molar-refractivity contribution < 1.29 is 19.5 Å². The zero-order valence-electron chi connectivity index (χ0n) is 11.8. The van der Waals surface area contributed by atoms with E-state index in [4.69, 9.17) is 10.8 Å². The first kappa shape index (κ1) is 16.4. The fraction of sp³-hybridized carbons (Fsp3) is 0.545. The fourth-order valence-corrected chi connectivity index (χ4v) is 1.24. The molecule has 0 bridgehead atoms. The molecule has 1 aromatic heterocycles. The normalized spacial score (nSPS) is 11.0. The summed E-state index contributed by atoms with van der Waals surface area (Å²) in [4.78, 5) is 33.2. The van der Waals surface area contributed by atoms with E-state index in [9.17, 15) is 14.4 Å². The second-order valence-electron chi connectivity index (χ2n) is 5.03. The van der Waals surface area contributed by atoms with E-state index in [0.29, 0.717) is 0 Å². The second-order valence-corrected chi connectivity index (χ2v) is 5.03. The molecule has 10 heteroatoms. The van der Waals surface area contributed by atoms with Crippen LogP contribution in [0.5, 0.6) is 0 Å². The first-order chi connectivity index (χ1) is 9.72. The van der Waals surface area contributed by atoms with Crippen LogP contribution >= 0.6 is 0 Å². The molecule has 1 aromatic rings. The maximum absolute atomic E-state index is 11.5. The molecule has 10 nitrogen and oxygen atoms in total. The van der Waals surface area contributed by atoms with Crippen molar-refractivity contribution in [1.29, 1.82) is 0 Å². The van der Waals surface area contributed by atoms with Crippen LogP contribution in [0.2, 0.25) is 0 Å². The number of nitrogens with two attached hydrogens (primary N) is 1. The molecule has 5 N–H and O–H groups in total. The minimum absolute atomic E-state index is 0.112. The summed E-state index contributed by atoms with van der Waals surface area (Å²) < 4.78 is 1.30. The van der Waals surface area contributed by atoms with Gasteiger partial charge in [0.1, 0.15) is 0 Å². The second kappa shape index (κ2) is 6.68. The molecule has 0 aliphatic heterocycles. The third-order valence-corrected chi connectivity index (χ3v) is 2.74. The summed E-state index contributed by atoms with van der Waals surface area (Å²) in [5, 5.41) is 20.8. The fourth-order valence-electron chi connectivity index (χ4n) is 1.24. The summed E-state index contributed by atoms with van der Waals surface area (Å²) in [5.74, 6) is -1.67. The van der Waals surface area contributed by atoms with Crippen LogP contribution in [-0.2, 0) is 11.3 Å². The molecular formula is C11H18N6O4. The Bertz CT molecular complexity index is 539. The van der Waals surface area contributed by atoms with Gasteiger partial charge in [0.2, 0.25) is 5.91 Å². The van der Waals surface area contributed by atoms with E-state index in [2.05, 4.69) is 20.9 Å². The number of hydrogen-bond acceptors (Lipinski definition) is 5. The van der Waals surface area contributed by atoms with Crippen molar-refractivity contribution in [3.63, 3.8) is 0 Å². The lowest BCUT2D eigenvalue weighted by molar-refractivity contribution is -0.125. The lowest BCUT2D eigenvalue weighted by atomic mass is 9.93. The van der Waals surface area contributed by atoms with Gasteiger partial charge in [-0.2, -0.15) is 0 Å². The summed E-state index contributed by atoms with van der Waals surface area (Å²) in [7, 11) is 0. The van der Waals surface area contributed by atoms with Gasteiger partial charge in [-0.1, -0.05) is 5.21 Å². The Balaban J connectivity index is 2.30. The Morgan fingerprint density at radius 3 is 2.57 bits per heavy atom. The number of hydrogen-bond donors (Lipinski definition) is 4. The van der Waals surface area contributed by atoms with Crippen LogP contribution in [0.4, 0.5) is 4.79 Å². The molecule has 0 aliphatic rings. The van der Waals surface area contributed by atoms with Crippen LogP contribution in [0.15, 0.2) is 6.20 Å². The van der Waals surface area contributed by atoms with E-state index in [-0.39, 0.29) is 25.3 Å². The molecule has 1 rings (SSSR count). The quantitative estimate of drug-likeness (QED) is 0.495. The molecule has 0 unspecified atom stereocenters. The van der Waals surface area contributed by atoms with E-state index < -0.39 is 23.3 Å². The smallest absolute Gasteiger partial charge is 0.358 e. The average Bonchev–Trinajstić information content (AvgIpc) is 2.85. The molecule has 0 saturated heterocycles. The largest absolute Gasteiger partial charge is 0.476 e. The van der Waals surface area contributed by atoms with Crippen LogP contribution in [0, 0.1) is 5.41 Å². The molecule has 1 heterocycles. The zero-order valence-corrected chi connectivity index (χ0v) is 11.8. The lowest BCUT2D eigenvalue weighted by Gasteiger charge is -2.20. The van der Waals surface area contributed by atoms with Crippen molar-refractivity contribution in [2.45, 2.75) is 20.4 Å². The number of carboxylic acid groups (broad SMARTS) is 1. The highest BCUT2D eigenvalue weighted by Gasteiger charge is 2.25. The van der Waals surface area contributed by atoms with Crippen LogP contribution in [0.1, 0.15) is 24.3 Å². The Morgan fingerprint density at radius 2 is 2.05 bits per heavy atom. The number of aromatic nitrogens is 3. The number of nitrogens with zero attached hydrogens (tertiary/aromatic N) is 3. The van der Waals surface area contributed by atoms with Gasteiger partial charge in [0.05, 0.1) is 18.2 Å². The highest BCUT2D eigenvalue weighted by atomic mass is 16.4. The van der Waals surface area contributed by atoms with E-state index in [0.717, 1.165) is 0 Å².